The van der Waals surface area contributed by atoms with Crippen LogP contribution in [0.1, 0.15) is 13.3 Å². The molecular formula is C12H15N9. The van der Waals surface area contributed by atoms with Gasteiger partial charge in [0.05, 0.1) is 0 Å². The van der Waals surface area contributed by atoms with Crippen LogP contribution in [0.5, 0.6) is 0 Å². The summed E-state index contributed by atoms with van der Waals surface area (Å²) < 4.78 is 3.37. The molecule has 9 nitrogen and oxygen atoms in total. The first-order chi connectivity index (χ1) is 10.3. The van der Waals surface area contributed by atoms with Crippen LogP contribution in [-0.2, 0) is 6.54 Å². The van der Waals surface area contributed by atoms with E-state index in [0.29, 0.717) is 17.7 Å². The fourth-order valence-corrected chi connectivity index (χ4v) is 1.92. The summed E-state index contributed by atoms with van der Waals surface area (Å²) in [5.74, 6) is 1.42. The molecule has 0 fully saturated rings. The summed E-state index contributed by atoms with van der Waals surface area (Å²) in [5, 5.41) is 11.3. The number of nitrogens with zero attached hydrogens (tertiary/aromatic N) is 8. The number of hydrogen-bond acceptors (Lipinski definition) is 7. The van der Waals surface area contributed by atoms with Crippen molar-refractivity contribution >= 4 is 5.95 Å². The van der Waals surface area contributed by atoms with Crippen LogP contribution < -0.4 is 5.32 Å². The lowest BCUT2D eigenvalue weighted by Gasteiger charge is -2.08. The van der Waals surface area contributed by atoms with Gasteiger partial charge in [-0.25, -0.2) is 4.98 Å². The van der Waals surface area contributed by atoms with Crippen molar-refractivity contribution in [3.8, 4) is 17.5 Å². The molecule has 3 aromatic heterocycles. The normalized spacial score (nSPS) is 10.8. The maximum Gasteiger partial charge on any atom is 0.257 e. The summed E-state index contributed by atoms with van der Waals surface area (Å²) in [5.41, 5.74) is 0.845. The van der Waals surface area contributed by atoms with Crippen LogP contribution in [0.4, 0.5) is 5.95 Å². The Morgan fingerprint density at radius 2 is 2.10 bits per heavy atom. The van der Waals surface area contributed by atoms with Gasteiger partial charge in [0.2, 0.25) is 5.95 Å². The molecule has 0 aliphatic heterocycles. The van der Waals surface area contributed by atoms with Gasteiger partial charge in [0.1, 0.15) is 18.3 Å². The van der Waals surface area contributed by atoms with E-state index >= 15 is 0 Å². The summed E-state index contributed by atoms with van der Waals surface area (Å²) >= 11 is 0. The summed E-state index contributed by atoms with van der Waals surface area (Å²) in [4.78, 5) is 17.0. The number of aryl methyl sites for hydroxylation is 1. The second-order valence-corrected chi connectivity index (χ2v) is 4.31. The zero-order valence-corrected chi connectivity index (χ0v) is 11.8. The van der Waals surface area contributed by atoms with Crippen molar-refractivity contribution in [3.05, 3.63) is 24.9 Å². The molecule has 0 unspecified atom stereocenters. The third-order valence-electron chi connectivity index (χ3n) is 2.85. The average molecular weight is 285 g/mol. The first kappa shape index (κ1) is 13.2. The van der Waals surface area contributed by atoms with E-state index in [1.165, 1.54) is 11.0 Å². The highest BCUT2D eigenvalue weighted by Crippen LogP contribution is 2.17. The Labute approximate surface area is 121 Å². The minimum atomic E-state index is 0.408. The number of anilines is 1. The summed E-state index contributed by atoms with van der Waals surface area (Å²) in [7, 11) is 1.76. The molecule has 0 radical (unpaired) electrons. The highest BCUT2D eigenvalue weighted by Gasteiger charge is 2.13. The number of nitrogens with one attached hydrogen (secondary N) is 1. The lowest BCUT2D eigenvalue weighted by Crippen LogP contribution is -2.10. The molecule has 0 aliphatic rings. The van der Waals surface area contributed by atoms with Crippen LogP contribution in [0.3, 0.4) is 0 Å². The molecule has 0 saturated heterocycles. The number of rotatable bonds is 5. The smallest absolute Gasteiger partial charge is 0.257 e. The van der Waals surface area contributed by atoms with E-state index in [1.54, 1.807) is 19.6 Å². The first-order valence-electron chi connectivity index (χ1n) is 6.63. The van der Waals surface area contributed by atoms with Gasteiger partial charge < -0.3 is 5.32 Å². The molecule has 3 heterocycles. The van der Waals surface area contributed by atoms with Crippen molar-refractivity contribution < 1.29 is 0 Å². The van der Waals surface area contributed by atoms with Crippen LogP contribution in [0.15, 0.2) is 24.9 Å². The molecule has 21 heavy (non-hydrogen) atoms. The maximum atomic E-state index is 4.45. The Balaban J connectivity index is 2.09. The quantitative estimate of drug-likeness (QED) is 0.739. The Hall–Kier alpha value is -2.84. The van der Waals surface area contributed by atoms with Crippen molar-refractivity contribution in [2.45, 2.75) is 19.9 Å². The van der Waals surface area contributed by atoms with Gasteiger partial charge in [0, 0.05) is 19.8 Å². The molecule has 0 bridgehead atoms. The van der Waals surface area contributed by atoms with E-state index in [-0.39, 0.29) is 0 Å². The molecule has 3 aromatic rings. The number of hydrogen-bond donors (Lipinski definition) is 1. The van der Waals surface area contributed by atoms with Crippen molar-refractivity contribution in [2.75, 3.05) is 12.4 Å². The highest BCUT2D eigenvalue weighted by atomic mass is 15.4. The van der Waals surface area contributed by atoms with E-state index in [4.69, 9.17) is 0 Å². The van der Waals surface area contributed by atoms with E-state index in [9.17, 15) is 0 Å². The van der Waals surface area contributed by atoms with Gasteiger partial charge >= 0.3 is 0 Å². The van der Waals surface area contributed by atoms with Gasteiger partial charge in [-0.3, -0.25) is 4.68 Å². The van der Waals surface area contributed by atoms with Crippen molar-refractivity contribution in [2.24, 2.45) is 0 Å². The monoisotopic (exact) mass is 285 g/mol. The zero-order valence-electron chi connectivity index (χ0n) is 11.8. The van der Waals surface area contributed by atoms with Crippen molar-refractivity contribution in [1.82, 2.24) is 39.5 Å². The van der Waals surface area contributed by atoms with E-state index < -0.39 is 0 Å². The SMILES string of the molecule is CCCn1nccc1-c1nc(NC)nc(-n2cncn2)n1. The van der Waals surface area contributed by atoms with Crippen LogP contribution in [0.2, 0.25) is 0 Å². The summed E-state index contributed by atoms with van der Waals surface area (Å²) in [6.07, 6.45) is 5.70. The Morgan fingerprint density at radius 1 is 1.19 bits per heavy atom. The van der Waals surface area contributed by atoms with Crippen LogP contribution in [0, 0.1) is 0 Å². The topological polar surface area (TPSA) is 99.2 Å². The zero-order chi connectivity index (χ0) is 14.7. The lowest BCUT2D eigenvalue weighted by molar-refractivity contribution is 0.606. The fraction of sp³-hybridized carbons (Fsp3) is 0.333. The third kappa shape index (κ3) is 2.57. The van der Waals surface area contributed by atoms with Crippen LogP contribution in [-0.4, -0.2) is 46.5 Å². The predicted octanol–water partition coefficient (Wildman–Crippen LogP) is 0.767. The molecule has 9 heteroatoms. The average Bonchev–Trinajstić information content (AvgIpc) is 3.18. The van der Waals surface area contributed by atoms with Gasteiger partial charge in [0.25, 0.3) is 5.95 Å². The second kappa shape index (κ2) is 5.65. The standard InChI is InChI=1S/C12H15N9/c1-3-6-20-9(4-5-15-20)10-17-11(13-2)19-12(18-10)21-8-14-7-16-21/h4-5,7-8H,3,6H2,1-2H3,(H,13,17,18,19). The largest absolute Gasteiger partial charge is 0.357 e. The van der Waals surface area contributed by atoms with Gasteiger partial charge in [-0.2, -0.15) is 29.8 Å². The molecule has 3 rings (SSSR count). The first-order valence-corrected chi connectivity index (χ1v) is 6.63. The van der Waals surface area contributed by atoms with E-state index in [0.717, 1.165) is 18.7 Å². The Morgan fingerprint density at radius 3 is 2.81 bits per heavy atom. The van der Waals surface area contributed by atoms with Crippen molar-refractivity contribution in [3.63, 3.8) is 0 Å². The Kier molecular flexibility index (Phi) is 3.54. The molecule has 108 valence electrons. The fourth-order valence-electron chi connectivity index (χ4n) is 1.92. The third-order valence-corrected chi connectivity index (χ3v) is 2.85. The van der Waals surface area contributed by atoms with Gasteiger partial charge in [-0.05, 0) is 12.5 Å². The van der Waals surface area contributed by atoms with E-state index in [2.05, 4.69) is 42.4 Å². The minimum absolute atomic E-state index is 0.408. The van der Waals surface area contributed by atoms with Crippen molar-refractivity contribution in [1.29, 1.82) is 0 Å². The molecular weight excluding hydrogens is 270 g/mol. The molecule has 0 aromatic carbocycles. The van der Waals surface area contributed by atoms with Crippen LogP contribution >= 0.6 is 0 Å². The molecule has 0 amide bonds. The molecule has 0 spiro atoms. The van der Waals surface area contributed by atoms with Crippen LogP contribution in [0.25, 0.3) is 17.5 Å². The molecule has 0 aliphatic carbocycles. The molecule has 0 saturated carbocycles. The van der Waals surface area contributed by atoms with Gasteiger partial charge in [-0.1, -0.05) is 6.92 Å². The Bertz CT molecular complexity index is 716. The van der Waals surface area contributed by atoms with Gasteiger partial charge in [0.15, 0.2) is 5.82 Å². The lowest BCUT2D eigenvalue weighted by atomic mass is 10.4. The second-order valence-electron chi connectivity index (χ2n) is 4.31. The molecule has 0 atom stereocenters. The van der Waals surface area contributed by atoms with E-state index in [1.807, 2.05) is 10.7 Å². The predicted molar refractivity (Wildman–Crippen MR) is 75.8 cm³/mol. The minimum Gasteiger partial charge on any atom is -0.357 e. The summed E-state index contributed by atoms with van der Waals surface area (Å²) in [6.45, 7) is 2.90. The van der Waals surface area contributed by atoms with Gasteiger partial charge in [-0.15, -0.1) is 0 Å². The highest BCUT2D eigenvalue weighted by molar-refractivity contribution is 5.52. The summed E-state index contributed by atoms with van der Waals surface area (Å²) in [6, 6.07) is 1.88. The maximum absolute atomic E-state index is 4.45. The number of aromatic nitrogens is 8. The molecule has 1 N–H and O–H groups in total.